The predicted octanol–water partition coefficient (Wildman–Crippen LogP) is 1.67. The number of nitrogens with zero attached hydrogens (tertiary/aromatic N) is 1. The maximum absolute atomic E-state index is 12.5. The van der Waals surface area contributed by atoms with E-state index in [9.17, 15) is 14.2 Å². The minimum Gasteiger partial charge on any atom is -0.464 e. The molecule has 0 bridgehead atoms. The number of amides is 1. The lowest BCUT2D eigenvalue weighted by Gasteiger charge is -2.26. The van der Waals surface area contributed by atoms with E-state index >= 15 is 0 Å². The molecule has 0 spiro atoms. The Morgan fingerprint density at radius 3 is 2.40 bits per heavy atom. The highest BCUT2D eigenvalue weighted by molar-refractivity contribution is 7.53. The quantitative estimate of drug-likeness (QED) is 0.328. The van der Waals surface area contributed by atoms with Gasteiger partial charge in [0.15, 0.2) is 6.35 Å². The van der Waals surface area contributed by atoms with Crippen LogP contribution in [0.3, 0.4) is 0 Å². The maximum Gasteiger partial charge on any atom is 0.358 e. The number of hydrogen-bond acceptors (Lipinski definition) is 8. The number of likely N-dealkylation sites (tertiary alicyclic amines) is 1. The summed E-state index contributed by atoms with van der Waals surface area (Å²) in [7, 11) is -3.35. The van der Waals surface area contributed by atoms with Crippen LogP contribution in [0, 0.1) is 0 Å². The molecule has 0 saturated carbocycles. The molecule has 1 amide bonds. The van der Waals surface area contributed by atoms with Gasteiger partial charge in [-0.3, -0.25) is 14.2 Å². The Bertz CT molecular complexity index is 479. The highest BCUT2D eigenvalue weighted by Crippen LogP contribution is 2.47. The topological polar surface area (TPSA) is 103 Å². The Labute approximate surface area is 148 Å². The van der Waals surface area contributed by atoms with Crippen LogP contribution in [0.1, 0.15) is 40.5 Å². The van der Waals surface area contributed by atoms with Crippen molar-refractivity contribution in [3.8, 4) is 0 Å². The largest absolute Gasteiger partial charge is 0.464 e. The molecule has 1 N–H and O–H groups in total. The number of hydroxylamine groups is 1. The molecule has 0 aromatic rings. The Hall–Kier alpha value is -0.990. The van der Waals surface area contributed by atoms with E-state index in [-0.39, 0.29) is 32.1 Å². The molecule has 0 aliphatic carbocycles. The third kappa shape index (κ3) is 6.67. The monoisotopic (exact) mass is 380 g/mol. The first-order chi connectivity index (χ1) is 11.9. The van der Waals surface area contributed by atoms with Crippen LogP contribution < -0.4 is 5.48 Å². The van der Waals surface area contributed by atoms with E-state index < -0.39 is 25.6 Å². The van der Waals surface area contributed by atoms with Crippen LogP contribution in [-0.2, 0) is 32.8 Å². The van der Waals surface area contributed by atoms with Crippen LogP contribution in [0.15, 0.2) is 0 Å². The SMILES string of the molecule is CCOC(=O)[C@@H]1CCCN1C(=O)[C@H](C)NOCP(=O)(OCC)OCC. The molecule has 1 heterocycles. The van der Waals surface area contributed by atoms with Gasteiger partial charge >= 0.3 is 13.6 Å². The Balaban J connectivity index is 2.53. The van der Waals surface area contributed by atoms with Gasteiger partial charge in [0.25, 0.3) is 0 Å². The van der Waals surface area contributed by atoms with Crippen molar-refractivity contribution < 1.29 is 32.8 Å². The van der Waals surface area contributed by atoms with Gasteiger partial charge in [0, 0.05) is 6.54 Å². The molecule has 1 fully saturated rings. The van der Waals surface area contributed by atoms with Crippen molar-refractivity contribution in [2.24, 2.45) is 0 Å². The van der Waals surface area contributed by atoms with Gasteiger partial charge in [-0.05, 0) is 40.5 Å². The summed E-state index contributed by atoms with van der Waals surface area (Å²) in [5.74, 6) is -0.670. The number of hydrogen-bond donors (Lipinski definition) is 1. The van der Waals surface area contributed by atoms with Crippen LogP contribution in [0.2, 0.25) is 0 Å². The average molecular weight is 380 g/mol. The number of carbonyl (C=O) groups excluding carboxylic acids is 2. The summed E-state index contributed by atoms with van der Waals surface area (Å²) < 4.78 is 27.5. The molecule has 2 atom stereocenters. The second-order valence-corrected chi connectivity index (χ2v) is 7.50. The van der Waals surface area contributed by atoms with Crippen molar-refractivity contribution in [3.05, 3.63) is 0 Å². The number of carbonyl (C=O) groups is 2. The zero-order valence-electron chi connectivity index (χ0n) is 15.4. The molecule has 1 rings (SSSR count). The molecule has 1 aliphatic rings. The highest BCUT2D eigenvalue weighted by atomic mass is 31.2. The van der Waals surface area contributed by atoms with Crippen LogP contribution in [-0.4, -0.2) is 61.6 Å². The lowest BCUT2D eigenvalue weighted by atomic mass is 10.2. The van der Waals surface area contributed by atoms with Gasteiger partial charge in [0.05, 0.1) is 19.8 Å². The zero-order valence-corrected chi connectivity index (χ0v) is 16.3. The smallest absolute Gasteiger partial charge is 0.358 e. The maximum atomic E-state index is 12.5. The number of ether oxygens (including phenoxy) is 1. The summed E-state index contributed by atoms with van der Waals surface area (Å²) in [5, 5.41) is 0. The molecule has 0 radical (unpaired) electrons. The summed E-state index contributed by atoms with van der Waals surface area (Å²) in [4.78, 5) is 31.1. The second kappa shape index (κ2) is 10.9. The lowest BCUT2D eigenvalue weighted by molar-refractivity contribution is -0.154. The van der Waals surface area contributed by atoms with Gasteiger partial charge in [-0.15, -0.1) is 0 Å². The van der Waals surface area contributed by atoms with Crippen LogP contribution in [0.5, 0.6) is 0 Å². The molecule has 0 aromatic heterocycles. The molecule has 1 saturated heterocycles. The van der Waals surface area contributed by atoms with Crippen molar-refractivity contribution in [3.63, 3.8) is 0 Å². The van der Waals surface area contributed by atoms with Gasteiger partial charge in [-0.2, -0.15) is 5.48 Å². The minimum atomic E-state index is -3.35. The van der Waals surface area contributed by atoms with Crippen LogP contribution in [0.25, 0.3) is 0 Å². The van der Waals surface area contributed by atoms with Gasteiger partial charge in [-0.25, -0.2) is 4.79 Å². The summed E-state index contributed by atoms with van der Waals surface area (Å²) in [6, 6.07) is -1.28. The van der Waals surface area contributed by atoms with E-state index in [0.717, 1.165) is 6.42 Å². The van der Waals surface area contributed by atoms with E-state index in [1.807, 2.05) is 0 Å². The molecule has 0 unspecified atom stereocenters. The molecule has 10 heteroatoms. The molecule has 0 aromatic carbocycles. The van der Waals surface area contributed by atoms with Crippen LogP contribution in [0.4, 0.5) is 0 Å². The summed E-state index contributed by atoms with van der Waals surface area (Å²) >= 11 is 0. The van der Waals surface area contributed by atoms with Gasteiger partial charge in [0.1, 0.15) is 12.1 Å². The average Bonchev–Trinajstić information content (AvgIpc) is 3.04. The molecular weight excluding hydrogens is 351 g/mol. The van der Waals surface area contributed by atoms with Crippen molar-refractivity contribution in [2.75, 3.05) is 32.7 Å². The van der Waals surface area contributed by atoms with Crippen molar-refractivity contribution in [1.29, 1.82) is 0 Å². The molecular formula is C15H29N2O7P. The fraction of sp³-hybridized carbons (Fsp3) is 0.867. The van der Waals surface area contributed by atoms with Crippen molar-refractivity contribution in [2.45, 2.75) is 52.6 Å². The first kappa shape index (κ1) is 22.1. The van der Waals surface area contributed by atoms with E-state index in [4.69, 9.17) is 18.6 Å². The number of esters is 1. The normalized spacial score (nSPS) is 19.0. The summed E-state index contributed by atoms with van der Waals surface area (Å²) in [6.45, 7) is 7.96. The second-order valence-electron chi connectivity index (χ2n) is 5.50. The van der Waals surface area contributed by atoms with Crippen molar-refractivity contribution in [1.82, 2.24) is 10.4 Å². The Morgan fingerprint density at radius 1 is 1.20 bits per heavy atom. The third-order valence-electron chi connectivity index (χ3n) is 3.60. The fourth-order valence-electron chi connectivity index (χ4n) is 2.56. The van der Waals surface area contributed by atoms with E-state index in [2.05, 4.69) is 5.48 Å². The molecule has 25 heavy (non-hydrogen) atoms. The Morgan fingerprint density at radius 2 is 1.84 bits per heavy atom. The van der Waals surface area contributed by atoms with Crippen molar-refractivity contribution >= 4 is 19.5 Å². The summed E-state index contributed by atoms with van der Waals surface area (Å²) in [6.07, 6.45) is 1.02. The van der Waals surface area contributed by atoms with E-state index in [0.29, 0.717) is 13.0 Å². The molecule has 146 valence electrons. The van der Waals surface area contributed by atoms with E-state index in [1.165, 1.54) is 4.90 Å². The minimum absolute atomic E-state index is 0.226. The van der Waals surface area contributed by atoms with Crippen LogP contribution >= 0.6 is 7.60 Å². The van der Waals surface area contributed by atoms with Gasteiger partial charge < -0.3 is 18.7 Å². The Kier molecular flexibility index (Phi) is 9.60. The predicted molar refractivity (Wildman–Crippen MR) is 90.8 cm³/mol. The highest BCUT2D eigenvalue weighted by Gasteiger charge is 2.37. The zero-order chi connectivity index (χ0) is 18.9. The van der Waals surface area contributed by atoms with Gasteiger partial charge in [0.2, 0.25) is 5.91 Å². The third-order valence-corrected chi connectivity index (χ3v) is 5.35. The first-order valence-electron chi connectivity index (χ1n) is 8.61. The number of nitrogens with one attached hydrogen (secondary N) is 1. The standard InChI is InChI=1S/C15H29N2O7P/c1-5-21-15(19)13-9-8-10-17(13)14(18)12(4)16-22-11-25(20,23-6-2)24-7-3/h12-13,16H,5-11H2,1-4H3/t12-,13-/m0/s1. The summed E-state index contributed by atoms with van der Waals surface area (Å²) in [5.41, 5.74) is 2.55. The first-order valence-corrected chi connectivity index (χ1v) is 10.3. The fourth-order valence-corrected chi connectivity index (χ4v) is 3.80. The van der Waals surface area contributed by atoms with Gasteiger partial charge in [-0.1, -0.05) is 0 Å². The van der Waals surface area contributed by atoms with E-state index in [1.54, 1.807) is 27.7 Å². The lowest BCUT2D eigenvalue weighted by Crippen LogP contribution is -2.49. The number of rotatable bonds is 11. The molecule has 9 nitrogen and oxygen atoms in total. The molecule has 1 aliphatic heterocycles.